The molecule has 2 aromatic carbocycles. The van der Waals surface area contributed by atoms with E-state index in [9.17, 15) is 4.39 Å². The molecule has 0 saturated heterocycles. The summed E-state index contributed by atoms with van der Waals surface area (Å²) in [6.07, 6.45) is 7.11. The van der Waals surface area contributed by atoms with E-state index in [0.29, 0.717) is 6.33 Å². The lowest BCUT2D eigenvalue weighted by atomic mass is 10.0. The highest BCUT2D eigenvalue weighted by Gasteiger charge is 1.98. The van der Waals surface area contributed by atoms with Crippen LogP contribution in [0.1, 0.15) is 35.6 Å². The number of aryl methyl sites for hydroxylation is 2. The Morgan fingerprint density at radius 2 is 1.35 bits per heavy atom. The molecule has 0 aliphatic carbocycles. The molecule has 0 aromatic heterocycles. The van der Waals surface area contributed by atoms with Crippen molar-refractivity contribution in [2.24, 2.45) is 0 Å². The molecular formula is C22H23F. The van der Waals surface area contributed by atoms with E-state index < -0.39 is 0 Å². The number of benzene rings is 2. The quantitative estimate of drug-likeness (QED) is 0.541. The summed E-state index contributed by atoms with van der Waals surface area (Å²) in [6, 6.07) is 16.6. The van der Waals surface area contributed by atoms with Crippen LogP contribution in [0.2, 0.25) is 0 Å². The molecule has 23 heavy (non-hydrogen) atoms. The first-order valence-electron chi connectivity index (χ1n) is 7.88. The van der Waals surface area contributed by atoms with Gasteiger partial charge in [0.05, 0.1) is 6.33 Å². The Kier molecular flexibility index (Phi) is 6.10. The molecule has 0 saturated carbocycles. The van der Waals surface area contributed by atoms with Gasteiger partial charge in [-0.3, -0.25) is 0 Å². The second-order valence-corrected chi connectivity index (χ2v) is 5.81. The third-order valence-corrected chi connectivity index (χ3v) is 3.90. The van der Waals surface area contributed by atoms with Gasteiger partial charge in [0.2, 0.25) is 0 Å². The molecule has 0 amide bonds. The summed E-state index contributed by atoms with van der Waals surface area (Å²) in [4.78, 5) is 0. The van der Waals surface area contributed by atoms with Gasteiger partial charge >= 0.3 is 0 Å². The zero-order chi connectivity index (χ0) is 16.7. The second-order valence-electron chi connectivity index (χ2n) is 5.81. The van der Waals surface area contributed by atoms with Gasteiger partial charge in [-0.25, -0.2) is 4.39 Å². The van der Waals surface area contributed by atoms with E-state index in [-0.39, 0.29) is 0 Å². The number of halogens is 1. The minimum Gasteiger partial charge on any atom is -0.216 e. The van der Waals surface area contributed by atoms with Gasteiger partial charge in [-0.15, -0.1) is 0 Å². The first-order chi connectivity index (χ1) is 11.1. The molecule has 0 unspecified atom stereocenters. The summed E-state index contributed by atoms with van der Waals surface area (Å²) in [5, 5.41) is 0. The van der Waals surface area contributed by atoms with Crippen molar-refractivity contribution in [3.63, 3.8) is 0 Å². The maximum atomic E-state index is 12.7. The molecule has 0 N–H and O–H groups in total. The molecule has 0 bridgehead atoms. The predicted molar refractivity (Wildman–Crippen MR) is 98.9 cm³/mol. The lowest BCUT2D eigenvalue weighted by Gasteiger charge is -2.04. The van der Waals surface area contributed by atoms with Crippen LogP contribution in [-0.4, -0.2) is 0 Å². The SMILES string of the molecule is C/C(=C\C/C=C(\C=C\F)c1ccc(C)cc1)c1ccc(C)cc1. The molecule has 0 aliphatic rings. The van der Waals surface area contributed by atoms with E-state index in [4.69, 9.17) is 0 Å². The van der Waals surface area contributed by atoms with Crippen LogP contribution in [0, 0.1) is 13.8 Å². The Labute approximate surface area is 138 Å². The number of hydrogen-bond acceptors (Lipinski definition) is 0. The third-order valence-electron chi connectivity index (χ3n) is 3.90. The van der Waals surface area contributed by atoms with Gasteiger partial charge < -0.3 is 0 Å². The molecule has 0 atom stereocenters. The Hall–Kier alpha value is -2.41. The summed E-state index contributed by atoms with van der Waals surface area (Å²) < 4.78 is 12.7. The highest BCUT2D eigenvalue weighted by Crippen LogP contribution is 2.20. The average molecular weight is 306 g/mol. The van der Waals surface area contributed by atoms with Crippen LogP contribution in [0.3, 0.4) is 0 Å². The predicted octanol–water partition coefficient (Wildman–Crippen LogP) is 6.66. The van der Waals surface area contributed by atoms with E-state index in [0.717, 1.165) is 17.6 Å². The van der Waals surface area contributed by atoms with Crippen molar-refractivity contribution < 1.29 is 4.39 Å². The van der Waals surface area contributed by atoms with Crippen molar-refractivity contribution in [2.45, 2.75) is 27.2 Å². The fourth-order valence-electron chi connectivity index (χ4n) is 2.39. The minimum absolute atomic E-state index is 0.599. The normalized spacial score (nSPS) is 12.9. The summed E-state index contributed by atoms with van der Waals surface area (Å²) in [5.74, 6) is 0. The summed E-state index contributed by atoms with van der Waals surface area (Å²) >= 11 is 0. The van der Waals surface area contributed by atoms with Gasteiger partial charge in [0.1, 0.15) is 0 Å². The number of hydrogen-bond donors (Lipinski definition) is 0. The van der Waals surface area contributed by atoms with E-state index in [1.54, 1.807) is 0 Å². The largest absolute Gasteiger partial charge is 0.216 e. The molecule has 2 rings (SSSR count). The Bertz CT molecular complexity index is 714. The fourth-order valence-corrected chi connectivity index (χ4v) is 2.39. The van der Waals surface area contributed by atoms with Crippen LogP contribution in [0.5, 0.6) is 0 Å². The molecule has 0 aliphatic heterocycles. The maximum Gasteiger partial charge on any atom is 0.0872 e. The lowest BCUT2D eigenvalue weighted by molar-refractivity contribution is 0.722. The minimum atomic E-state index is 0.599. The summed E-state index contributed by atoms with van der Waals surface area (Å²) in [5.41, 5.74) is 6.85. The van der Waals surface area contributed by atoms with Crippen LogP contribution >= 0.6 is 0 Å². The standard InChI is InChI=1S/C22H23F/c1-17-7-11-20(12-8-17)19(3)5-4-6-21(15-16-23)22-13-9-18(2)10-14-22/h5-16H,4H2,1-3H3/b16-15+,19-5+,21-6+. The number of allylic oxidation sites excluding steroid dienone is 5. The first kappa shape index (κ1) is 17.0. The molecule has 0 spiro atoms. The monoisotopic (exact) mass is 306 g/mol. The van der Waals surface area contributed by atoms with Gasteiger partial charge in [0.25, 0.3) is 0 Å². The topological polar surface area (TPSA) is 0 Å². The zero-order valence-corrected chi connectivity index (χ0v) is 14.0. The van der Waals surface area contributed by atoms with Crippen molar-refractivity contribution in [3.05, 3.63) is 95.3 Å². The van der Waals surface area contributed by atoms with E-state index in [1.807, 2.05) is 31.2 Å². The highest BCUT2D eigenvalue weighted by atomic mass is 19.1. The maximum absolute atomic E-state index is 12.7. The van der Waals surface area contributed by atoms with Crippen LogP contribution in [0.4, 0.5) is 4.39 Å². The highest BCUT2D eigenvalue weighted by molar-refractivity contribution is 5.74. The number of rotatable bonds is 5. The van der Waals surface area contributed by atoms with E-state index >= 15 is 0 Å². The summed E-state index contributed by atoms with van der Waals surface area (Å²) in [6.45, 7) is 6.24. The average Bonchev–Trinajstić information content (AvgIpc) is 2.55. The first-order valence-corrected chi connectivity index (χ1v) is 7.88. The molecule has 1 heteroatoms. The molecule has 0 fully saturated rings. The van der Waals surface area contributed by atoms with Crippen LogP contribution in [0.25, 0.3) is 11.1 Å². The smallest absolute Gasteiger partial charge is 0.0872 e. The molecule has 0 nitrogen and oxygen atoms in total. The van der Waals surface area contributed by atoms with Gasteiger partial charge in [-0.05, 0) is 55.5 Å². The van der Waals surface area contributed by atoms with Crippen molar-refractivity contribution in [3.8, 4) is 0 Å². The van der Waals surface area contributed by atoms with Gasteiger partial charge in [0.15, 0.2) is 0 Å². The Morgan fingerprint density at radius 1 is 0.826 bits per heavy atom. The molecule has 0 heterocycles. The van der Waals surface area contributed by atoms with Crippen molar-refractivity contribution >= 4 is 11.1 Å². The van der Waals surface area contributed by atoms with Crippen molar-refractivity contribution in [1.29, 1.82) is 0 Å². The Morgan fingerprint density at radius 3 is 1.87 bits per heavy atom. The summed E-state index contributed by atoms with van der Waals surface area (Å²) in [7, 11) is 0. The molecule has 0 radical (unpaired) electrons. The van der Waals surface area contributed by atoms with Crippen LogP contribution in [-0.2, 0) is 0 Å². The molecule has 2 aromatic rings. The molecule has 118 valence electrons. The van der Waals surface area contributed by atoms with E-state index in [2.05, 4.69) is 50.3 Å². The van der Waals surface area contributed by atoms with Gasteiger partial charge in [-0.2, -0.15) is 0 Å². The van der Waals surface area contributed by atoms with Crippen LogP contribution < -0.4 is 0 Å². The fraction of sp³-hybridized carbons (Fsp3) is 0.182. The van der Waals surface area contributed by atoms with Crippen molar-refractivity contribution in [2.75, 3.05) is 0 Å². The van der Waals surface area contributed by atoms with Crippen LogP contribution in [0.15, 0.2) is 73.1 Å². The zero-order valence-electron chi connectivity index (χ0n) is 14.0. The van der Waals surface area contributed by atoms with Crippen molar-refractivity contribution in [1.82, 2.24) is 0 Å². The third kappa shape index (κ3) is 5.07. The Balaban J connectivity index is 2.16. The lowest BCUT2D eigenvalue weighted by Crippen LogP contribution is -1.83. The van der Waals surface area contributed by atoms with E-state index in [1.165, 1.54) is 28.3 Å². The van der Waals surface area contributed by atoms with Gasteiger partial charge in [-0.1, -0.05) is 71.8 Å². The van der Waals surface area contributed by atoms with Gasteiger partial charge in [0, 0.05) is 0 Å². The second kappa shape index (κ2) is 8.28. The molecular weight excluding hydrogens is 283 g/mol.